The van der Waals surface area contributed by atoms with E-state index < -0.39 is 5.97 Å². The second kappa shape index (κ2) is 13.0. The number of carboxylic acids is 1. The van der Waals surface area contributed by atoms with E-state index in [0.29, 0.717) is 6.61 Å². The molecule has 1 aliphatic rings. The Morgan fingerprint density at radius 1 is 0.892 bits per heavy atom. The maximum Gasteiger partial charge on any atom is 0.304 e. The van der Waals surface area contributed by atoms with Crippen molar-refractivity contribution < 1.29 is 19.4 Å². The Labute approximate surface area is 219 Å². The van der Waals surface area contributed by atoms with Crippen molar-refractivity contribution in [2.45, 2.75) is 32.4 Å². The van der Waals surface area contributed by atoms with E-state index in [1.807, 2.05) is 55.5 Å². The lowest BCUT2D eigenvalue weighted by Crippen LogP contribution is -2.45. The predicted octanol–water partition coefficient (Wildman–Crippen LogP) is 5.73. The van der Waals surface area contributed by atoms with Gasteiger partial charge in [-0.05, 0) is 60.0 Å². The molecule has 0 unspecified atom stereocenters. The molecule has 1 fully saturated rings. The molecular weight excluding hydrogens is 464 g/mol. The standard InChI is InChI=1S/C31H36N2O4/c1-3-4-27(21-31(34)35)26-9-13-30(14-10-26)37-23-25-7-5-24(6-8-25)22-32-17-19-33(20-18-32)28-11-15-29(36-2)16-12-28/h3-16,27H,17-23H2,1-2H3,(H,34,35)/t27-/m1/s1. The van der Waals surface area contributed by atoms with Crippen LogP contribution in [0.4, 0.5) is 5.69 Å². The van der Waals surface area contributed by atoms with Crippen molar-refractivity contribution in [3.63, 3.8) is 0 Å². The van der Waals surface area contributed by atoms with Gasteiger partial charge in [0, 0.05) is 44.3 Å². The summed E-state index contributed by atoms with van der Waals surface area (Å²) in [7, 11) is 1.69. The minimum atomic E-state index is -0.803. The Morgan fingerprint density at radius 3 is 2.11 bits per heavy atom. The van der Waals surface area contributed by atoms with Crippen LogP contribution in [0.15, 0.2) is 84.9 Å². The van der Waals surface area contributed by atoms with Crippen LogP contribution in [-0.4, -0.2) is 49.3 Å². The van der Waals surface area contributed by atoms with Crippen LogP contribution < -0.4 is 14.4 Å². The van der Waals surface area contributed by atoms with Crippen LogP contribution >= 0.6 is 0 Å². The molecule has 6 heteroatoms. The summed E-state index contributed by atoms with van der Waals surface area (Å²) < 4.78 is 11.2. The average Bonchev–Trinajstić information content (AvgIpc) is 2.93. The molecule has 0 amide bonds. The molecule has 0 spiro atoms. The maximum atomic E-state index is 11.1. The van der Waals surface area contributed by atoms with Crippen molar-refractivity contribution in [3.8, 4) is 11.5 Å². The Kier molecular flexibility index (Phi) is 9.22. The van der Waals surface area contributed by atoms with E-state index in [9.17, 15) is 4.79 Å². The van der Waals surface area contributed by atoms with Crippen LogP contribution in [0.25, 0.3) is 0 Å². The number of hydrogen-bond acceptors (Lipinski definition) is 5. The molecule has 1 heterocycles. The number of hydrogen-bond donors (Lipinski definition) is 1. The highest BCUT2D eigenvalue weighted by Gasteiger charge is 2.17. The SMILES string of the molecule is CC=C[C@H](CC(=O)O)c1ccc(OCc2ccc(CN3CCN(c4ccc(OC)cc4)CC3)cc2)cc1. The Balaban J connectivity index is 1.23. The number of benzene rings is 3. The normalized spacial score (nSPS) is 15.0. The van der Waals surface area contributed by atoms with E-state index in [-0.39, 0.29) is 12.3 Å². The third-order valence-electron chi connectivity index (χ3n) is 6.77. The first kappa shape index (κ1) is 26.3. The molecule has 1 atom stereocenters. The summed E-state index contributed by atoms with van der Waals surface area (Å²) in [4.78, 5) is 16.1. The van der Waals surface area contributed by atoms with Gasteiger partial charge in [0.2, 0.25) is 0 Å². The van der Waals surface area contributed by atoms with Crippen molar-refractivity contribution in [1.82, 2.24) is 4.90 Å². The van der Waals surface area contributed by atoms with Gasteiger partial charge in [0.25, 0.3) is 0 Å². The van der Waals surface area contributed by atoms with Gasteiger partial charge in [-0.3, -0.25) is 9.69 Å². The summed E-state index contributed by atoms with van der Waals surface area (Å²) in [5, 5.41) is 9.15. The number of aliphatic carboxylic acids is 1. The van der Waals surface area contributed by atoms with Crippen LogP contribution in [0.2, 0.25) is 0 Å². The molecule has 0 radical (unpaired) electrons. The molecule has 3 aromatic carbocycles. The quantitative estimate of drug-likeness (QED) is 0.339. The molecule has 4 rings (SSSR count). The molecule has 1 N–H and O–H groups in total. The number of piperazine rings is 1. The lowest BCUT2D eigenvalue weighted by molar-refractivity contribution is -0.137. The molecule has 0 aromatic heterocycles. The predicted molar refractivity (Wildman–Crippen MR) is 148 cm³/mol. The second-order valence-corrected chi connectivity index (χ2v) is 9.37. The van der Waals surface area contributed by atoms with Crippen molar-refractivity contribution >= 4 is 11.7 Å². The minimum Gasteiger partial charge on any atom is -0.497 e. The average molecular weight is 501 g/mol. The van der Waals surface area contributed by atoms with Crippen LogP contribution in [0, 0.1) is 0 Å². The number of nitrogens with zero attached hydrogens (tertiary/aromatic N) is 2. The maximum absolute atomic E-state index is 11.1. The monoisotopic (exact) mass is 500 g/mol. The summed E-state index contributed by atoms with van der Waals surface area (Å²) in [6, 6.07) is 24.6. The van der Waals surface area contributed by atoms with Gasteiger partial charge >= 0.3 is 5.97 Å². The van der Waals surface area contributed by atoms with Gasteiger partial charge in [-0.15, -0.1) is 0 Å². The van der Waals surface area contributed by atoms with Crippen LogP contribution in [0.5, 0.6) is 11.5 Å². The number of rotatable bonds is 11. The Morgan fingerprint density at radius 2 is 1.51 bits per heavy atom. The van der Waals surface area contributed by atoms with E-state index in [2.05, 4.69) is 46.2 Å². The number of anilines is 1. The van der Waals surface area contributed by atoms with Crippen molar-refractivity contribution in [1.29, 1.82) is 0 Å². The Bertz CT molecular complexity index is 1150. The lowest BCUT2D eigenvalue weighted by Gasteiger charge is -2.36. The first-order chi connectivity index (χ1) is 18.0. The van der Waals surface area contributed by atoms with Gasteiger partial charge < -0.3 is 19.5 Å². The summed E-state index contributed by atoms with van der Waals surface area (Å²) >= 11 is 0. The van der Waals surface area contributed by atoms with E-state index in [4.69, 9.17) is 14.6 Å². The molecule has 0 saturated carbocycles. The van der Waals surface area contributed by atoms with Crippen LogP contribution in [0.3, 0.4) is 0 Å². The molecule has 3 aromatic rings. The van der Waals surface area contributed by atoms with Gasteiger partial charge in [-0.1, -0.05) is 48.6 Å². The molecule has 37 heavy (non-hydrogen) atoms. The van der Waals surface area contributed by atoms with Crippen LogP contribution in [-0.2, 0) is 17.9 Å². The molecule has 0 bridgehead atoms. The van der Waals surface area contributed by atoms with E-state index >= 15 is 0 Å². The van der Waals surface area contributed by atoms with Gasteiger partial charge in [-0.25, -0.2) is 0 Å². The third-order valence-corrected chi connectivity index (χ3v) is 6.77. The molecule has 6 nitrogen and oxygen atoms in total. The zero-order valence-electron chi connectivity index (χ0n) is 21.7. The zero-order valence-corrected chi connectivity index (χ0v) is 21.7. The highest BCUT2D eigenvalue weighted by molar-refractivity contribution is 5.68. The van der Waals surface area contributed by atoms with E-state index in [0.717, 1.165) is 55.3 Å². The molecule has 1 aliphatic heterocycles. The van der Waals surface area contributed by atoms with Crippen molar-refractivity contribution in [2.24, 2.45) is 0 Å². The first-order valence-electron chi connectivity index (χ1n) is 12.8. The Hall–Kier alpha value is -3.77. The summed E-state index contributed by atoms with van der Waals surface area (Å²) in [6.07, 6.45) is 3.89. The zero-order chi connectivity index (χ0) is 26.0. The topological polar surface area (TPSA) is 62.2 Å². The van der Waals surface area contributed by atoms with E-state index in [1.165, 1.54) is 11.3 Å². The number of allylic oxidation sites excluding steroid dienone is 2. The smallest absolute Gasteiger partial charge is 0.304 e. The first-order valence-corrected chi connectivity index (χ1v) is 12.8. The largest absolute Gasteiger partial charge is 0.497 e. The van der Waals surface area contributed by atoms with Gasteiger partial charge in [0.1, 0.15) is 18.1 Å². The number of ether oxygens (including phenoxy) is 2. The van der Waals surface area contributed by atoms with Gasteiger partial charge in [-0.2, -0.15) is 0 Å². The highest BCUT2D eigenvalue weighted by Crippen LogP contribution is 2.25. The molecule has 0 aliphatic carbocycles. The number of methoxy groups -OCH3 is 1. The fourth-order valence-electron chi connectivity index (χ4n) is 4.65. The number of carboxylic acid groups (broad SMARTS) is 1. The third kappa shape index (κ3) is 7.61. The highest BCUT2D eigenvalue weighted by atomic mass is 16.5. The fourth-order valence-corrected chi connectivity index (χ4v) is 4.65. The van der Waals surface area contributed by atoms with Gasteiger partial charge in [0.15, 0.2) is 0 Å². The number of carbonyl (C=O) groups is 1. The van der Waals surface area contributed by atoms with Crippen molar-refractivity contribution in [2.75, 3.05) is 38.2 Å². The fraction of sp³-hybridized carbons (Fsp3) is 0.323. The minimum absolute atomic E-state index is 0.0786. The van der Waals surface area contributed by atoms with E-state index in [1.54, 1.807) is 7.11 Å². The summed E-state index contributed by atoms with van der Waals surface area (Å²) in [5.41, 5.74) is 4.65. The second-order valence-electron chi connectivity index (χ2n) is 9.37. The lowest BCUT2D eigenvalue weighted by atomic mass is 9.95. The summed E-state index contributed by atoms with van der Waals surface area (Å²) in [5.74, 6) is 0.731. The summed E-state index contributed by atoms with van der Waals surface area (Å²) in [6.45, 7) is 7.45. The molecular formula is C31H36N2O4. The molecule has 194 valence electrons. The molecule has 1 saturated heterocycles. The van der Waals surface area contributed by atoms with Gasteiger partial charge in [0.05, 0.1) is 13.5 Å². The van der Waals surface area contributed by atoms with Crippen LogP contribution in [0.1, 0.15) is 36.0 Å². The van der Waals surface area contributed by atoms with Crippen molar-refractivity contribution in [3.05, 3.63) is 102 Å².